The highest BCUT2D eigenvalue weighted by molar-refractivity contribution is 5.24. The standard InChI is InChI=1S/C12H16N2O2/c13-10-12(5-1-2-6-14-12)16-9-11-3-7-15-8-4-11/h1-2,5-6,11,14H,3-4,7-9H2. The van der Waals surface area contributed by atoms with Gasteiger partial charge in [0, 0.05) is 19.4 Å². The zero-order chi connectivity index (χ0) is 11.3. The van der Waals surface area contributed by atoms with Crippen molar-refractivity contribution in [2.24, 2.45) is 5.92 Å². The molecule has 0 aromatic carbocycles. The first-order valence-corrected chi connectivity index (χ1v) is 5.60. The monoisotopic (exact) mass is 220 g/mol. The first-order chi connectivity index (χ1) is 7.85. The molecule has 4 nitrogen and oxygen atoms in total. The van der Waals surface area contributed by atoms with E-state index in [2.05, 4.69) is 11.4 Å². The molecule has 2 rings (SSSR count). The Labute approximate surface area is 95.5 Å². The van der Waals surface area contributed by atoms with Gasteiger partial charge in [-0.05, 0) is 30.9 Å². The van der Waals surface area contributed by atoms with Crippen LogP contribution < -0.4 is 5.32 Å². The van der Waals surface area contributed by atoms with Gasteiger partial charge in [0.05, 0.1) is 6.61 Å². The molecule has 4 heteroatoms. The van der Waals surface area contributed by atoms with Crippen LogP contribution in [-0.4, -0.2) is 25.5 Å². The molecule has 2 aliphatic heterocycles. The number of allylic oxidation sites excluding steroid dienone is 2. The second kappa shape index (κ2) is 5.15. The van der Waals surface area contributed by atoms with Gasteiger partial charge in [-0.2, -0.15) is 5.26 Å². The highest BCUT2D eigenvalue weighted by Gasteiger charge is 2.29. The van der Waals surface area contributed by atoms with Gasteiger partial charge in [0.15, 0.2) is 0 Å². The van der Waals surface area contributed by atoms with E-state index in [-0.39, 0.29) is 0 Å². The number of dihydropyridines is 1. The van der Waals surface area contributed by atoms with Crippen molar-refractivity contribution < 1.29 is 9.47 Å². The van der Waals surface area contributed by atoms with Crippen LogP contribution in [0.3, 0.4) is 0 Å². The molecule has 0 radical (unpaired) electrons. The summed E-state index contributed by atoms with van der Waals surface area (Å²) in [5.41, 5.74) is -0.979. The highest BCUT2D eigenvalue weighted by atomic mass is 16.5. The molecule has 1 atom stereocenters. The molecular formula is C12H16N2O2. The minimum atomic E-state index is -0.979. The van der Waals surface area contributed by atoms with Crippen LogP contribution in [0.1, 0.15) is 12.8 Å². The van der Waals surface area contributed by atoms with Crippen molar-refractivity contribution in [1.82, 2.24) is 5.32 Å². The SMILES string of the molecule is N#CC1(OCC2CCOCC2)C=CC=CN1. The molecule has 0 amide bonds. The van der Waals surface area contributed by atoms with E-state index in [9.17, 15) is 0 Å². The lowest BCUT2D eigenvalue weighted by atomic mass is 10.0. The topological polar surface area (TPSA) is 54.3 Å². The van der Waals surface area contributed by atoms with E-state index in [1.165, 1.54) is 0 Å². The van der Waals surface area contributed by atoms with Crippen molar-refractivity contribution in [3.05, 3.63) is 24.4 Å². The number of nitrogens with zero attached hydrogens (tertiary/aromatic N) is 1. The smallest absolute Gasteiger partial charge is 0.248 e. The van der Waals surface area contributed by atoms with Crippen LogP contribution in [0.4, 0.5) is 0 Å². The normalized spacial score (nSPS) is 29.7. The Morgan fingerprint density at radius 3 is 2.88 bits per heavy atom. The van der Waals surface area contributed by atoms with Gasteiger partial charge in [-0.25, -0.2) is 0 Å². The zero-order valence-electron chi connectivity index (χ0n) is 9.19. The van der Waals surface area contributed by atoms with Crippen molar-refractivity contribution >= 4 is 0 Å². The molecule has 0 aliphatic carbocycles. The lowest BCUT2D eigenvalue weighted by Crippen LogP contribution is -2.44. The molecule has 2 heterocycles. The van der Waals surface area contributed by atoms with Gasteiger partial charge >= 0.3 is 0 Å². The molecular weight excluding hydrogens is 204 g/mol. The minimum Gasteiger partial charge on any atom is -0.381 e. The second-order valence-electron chi connectivity index (χ2n) is 4.08. The van der Waals surface area contributed by atoms with Gasteiger partial charge in [0.1, 0.15) is 6.07 Å². The maximum Gasteiger partial charge on any atom is 0.248 e. The van der Waals surface area contributed by atoms with E-state index in [1.807, 2.05) is 12.2 Å². The fourth-order valence-corrected chi connectivity index (χ4v) is 1.82. The Hall–Kier alpha value is -1.31. The largest absolute Gasteiger partial charge is 0.381 e. The molecule has 0 aromatic heterocycles. The number of ether oxygens (including phenoxy) is 2. The van der Waals surface area contributed by atoms with Crippen molar-refractivity contribution in [3.8, 4) is 6.07 Å². The third-order valence-corrected chi connectivity index (χ3v) is 2.89. The van der Waals surface area contributed by atoms with Crippen LogP contribution >= 0.6 is 0 Å². The average Bonchev–Trinajstić information content (AvgIpc) is 2.39. The van der Waals surface area contributed by atoms with Crippen molar-refractivity contribution in [2.45, 2.75) is 18.6 Å². The van der Waals surface area contributed by atoms with Gasteiger partial charge in [-0.1, -0.05) is 6.08 Å². The molecule has 1 saturated heterocycles. The third kappa shape index (κ3) is 2.63. The van der Waals surface area contributed by atoms with Gasteiger partial charge in [0.25, 0.3) is 0 Å². The van der Waals surface area contributed by atoms with Gasteiger partial charge < -0.3 is 14.8 Å². The van der Waals surface area contributed by atoms with E-state index in [1.54, 1.807) is 12.3 Å². The third-order valence-electron chi connectivity index (χ3n) is 2.89. The summed E-state index contributed by atoms with van der Waals surface area (Å²) in [5, 5.41) is 12.1. The quantitative estimate of drug-likeness (QED) is 0.779. The molecule has 16 heavy (non-hydrogen) atoms. The zero-order valence-corrected chi connectivity index (χ0v) is 9.19. The molecule has 0 aromatic rings. The first kappa shape index (κ1) is 11.2. The molecule has 1 N–H and O–H groups in total. The number of nitrogens with one attached hydrogen (secondary N) is 1. The minimum absolute atomic E-state index is 0.500. The lowest BCUT2D eigenvalue weighted by molar-refractivity contribution is -0.0316. The fraction of sp³-hybridized carbons (Fsp3) is 0.583. The van der Waals surface area contributed by atoms with Crippen LogP contribution in [0.25, 0.3) is 0 Å². The summed E-state index contributed by atoms with van der Waals surface area (Å²) < 4.78 is 11.0. The van der Waals surface area contributed by atoms with Crippen LogP contribution in [0.5, 0.6) is 0 Å². The predicted octanol–water partition coefficient (Wildman–Crippen LogP) is 1.32. The Balaban J connectivity index is 1.85. The lowest BCUT2D eigenvalue weighted by Gasteiger charge is -2.29. The summed E-state index contributed by atoms with van der Waals surface area (Å²) in [4.78, 5) is 0. The summed E-state index contributed by atoms with van der Waals surface area (Å²) in [6.07, 6.45) is 9.17. The summed E-state index contributed by atoms with van der Waals surface area (Å²) in [6.45, 7) is 2.20. The molecule has 1 fully saturated rings. The Bertz CT molecular complexity index is 326. The molecule has 0 spiro atoms. The van der Waals surface area contributed by atoms with E-state index in [0.717, 1.165) is 26.1 Å². The molecule has 0 saturated carbocycles. The fourth-order valence-electron chi connectivity index (χ4n) is 1.82. The summed E-state index contributed by atoms with van der Waals surface area (Å²) in [7, 11) is 0. The second-order valence-corrected chi connectivity index (χ2v) is 4.08. The van der Waals surface area contributed by atoms with E-state index < -0.39 is 5.72 Å². The summed E-state index contributed by atoms with van der Waals surface area (Å²) in [5.74, 6) is 0.500. The maximum atomic E-state index is 9.12. The number of hydrogen-bond donors (Lipinski definition) is 1. The van der Waals surface area contributed by atoms with Gasteiger partial charge in [-0.15, -0.1) is 0 Å². The Morgan fingerprint density at radius 2 is 2.25 bits per heavy atom. The number of nitriles is 1. The average molecular weight is 220 g/mol. The maximum absolute atomic E-state index is 9.12. The summed E-state index contributed by atoms with van der Waals surface area (Å²) in [6, 6.07) is 2.15. The van der Waals surface area contributed by atoms with Crippen LogP contribution in [0.15, 0.2) is 24.4 Å². The van der Waals surface area contributed by atoms with Crippen molar-refractivity contribution in [2.75, 3.05) is 19.8 Å². The Morgan fingerprint density at radius 1 is 1.44 bits per heavy atom. The van der Waals surface area contributed by atoms with Gasteiger partial charge in [-0.3, -0.25) is 0 Å². The highest BCUT2D eigenvalue weighted by Crippen LogP contribution is 2.19. The van der Waals surface area contributed by atoms with Crippen molar-refractivity contribution in [1.29, 1.82) is 5.26 Å². The summed E-state index contributed by atoms with van der Waals surface area (Å²) >= 11 is 0. The van der Waals surface area contributed by atoms with E-state index in [4.69, 9.17) is 14.7 Å². The molecule has 0 bridgehead atoms. The van der Waals surface area contributed by atoms with Crippen LogP contribution in [0, 0.1) is 17.2 Å². The molecule has 86 valence electrons. The molecule has 2 aliphatic rings. The van der Waals surface area contributed by atoms with Crippen molar-refractivity contribution in [3.63, 3.8) is 0 Å². The number of hydrogen-bond acceptors (Lipinski definition) is 4. The predicted molar refractivity (Wildman–Crippen MR) is 59.3 cm³/mol. The molecule has 1 unspecified atom stereocenters. The van der Waals surface area contributed by atoms with E-state index in [0.29, 0.717) is 12.5 Å². The Kier molecular flexibility index (Phi) is 3.60. The van der Waals surface area contributed by atoms with Crippen LogP contribution in [0.2, 0.25) is 0 Å². The number of rotatable bonds is 3. The van der Waals surface area contributed by atoms with E-state index >= 15 is 0 Å². The van der Waals surface area contributed by atoms with Gasteiger partial charge in [0.2, 0.25) is 5.72 Å². The van der Waals surface area contributed by atoms with Crippen LogP contribution in [-0.2, 0) is 9.47 Å². The first-order valence-electron chi connectivity index (χ1n) is 5.60.